The topological polar surface area (TPSA) is 53.1 Å². The van der Waals surface area contributed by atoms with Crippen LogP contribution in [0.25, 0.3) is 0 Å². The van der Waals surface area contributed by atoms with Gasteiger partial charge in [0.1, 0.15) is 6.61 Å². The predicted molar refractivity (Wildman–Crippen MR) is 51.9 cm³/mol. The van der Waals surface area contributed by atoms with Gasteiger partial charge in [0.2, 0.25) is 0 Å². The fraction of sp³-hybridized carbons (Fsp3) is 0.667. The SMILES string of the molecule is Cn1nccc1C(N)COCC(F)(F)C(F)F. The second kappa shape index (κ2) is 5.46. The second-order valence-corrected chi connectivity index (χ2v) is 3.56. The van der Waals surface area contributed by atoms with Crippen molar-refractivity contribution in [3.63, 3.8) is 0 Å². The van der Waals surface area contributed by atoms with Crippen molar-refractivity contribution < 1.29 is 22.3 Å². The number of nitrogens with two attached hydrogens (primary N) is 1. The Morgan fingerprint density at radius 2 is 2.18 bits per heavy atom. The van der Waals surface area contributed by atoms with E-state index in [1.807, 2.05) is 0 Å². The third-order valence-electron chi connectivity index (χ3n) is 2.15. The molecule has 1 aromatic rings. The summed E-state index contributed by atoms with van der Waals surface area (Å²) in [5.41, 5.74) is 6.20. The molecule has 1 unspecified atom stereocenters. The highest BCUT2D eigenvalue weighted by atomic mass is 19.3. The first-order chi connectivity index (χ1) is 7.84. The van der Waals surface area contributed by atoms with Crippen LogP contribution in [0.2, 0.25) is 0 Å². The Balaban J connectivity index is 2.40. The van der Waals surface area contributed by atoms with Crippen LogP contribution in [0, 0.1) is 0 Å². The first-order valence-corrected chi connectivity index (χ1v) is 4.82. The summed E-state index contributed by atoms with van der Waals surface area (Å²) in [5, 5.41) is 3.84. The van der Waals surface area contributed by atoms with E-state index in [2.05, 4.69) is 9.84 Å². The molecule has 0 aliphatic heterocycles. The van der Waals surface area contributed by atoms with Gasteiger partial charge in [0.15, 0.2) is 0 Å². The Labute approximate surface area is 95.3 Å². The van der Waals surface area contributed by atoms with Crippen LogP contribution in [-0.2, 0) is 11.8 Å². The average Bonchev–Trinajstić information content (AvgIpc) is 2.63. The summed E-state index contributed by atoms with van der Waals surface area (Å²) in [6, 6.07) is 0.912. The fourth-order valence-corrected chi connectivity index (χ4v) is 1.22. The van der Waals surface area contributed by atoms with E-state index < -0.39 is 25.0 Å². The Kier molecular flexibility index (Phi) is 4.47. The highest BCUT2D eigenvalue weighted by molar-refractivity contribution is 5.05. The molecule has 0 spiro atoms. The van der Waals surface area contributed by atoms with Gasteiger partial charge in [0.25, 0.3) is 0 Å². The fourth-order valence-electron chi connectivity index (χ4n) is 1.22. The standard InChI is InChI=1S/C9H13F4N3O/c1-16-7(2-3-15-16)6(14)4-17-5-9(12,13)8(10)11/h2-3,6,8H,4-5,14H2,1H3. The molecule has 0 aliphatic carbocycles. The Hall–Kier alpha value is -1.15. The Morgan fingerprint density at radius 3 is 2.65 bits per heavy atom. The van der Waals surface area contributed by atoms with Gasteiger partial charge in [-0.15, -0.1) is 0 Å². The molecule has 0 fully saturated rings. The molecule has 0 aromatic carbocycles. The van der Waals surface area contributed by atoms with Crippen molar-refractivity contribution in [2.75, 3.05) is 13.2 Å². The van der Waals surface area contributed by atoms with Crippen LogP contribution in [-0.4, -0.2) is 35.3 Å². The van der Waals surface area contributed by atoms with Crippen LogP contribution in [0.5, 0.6) is 0 Å². The molecule has 0 radical (unpaired) electrons. The minimum Gasteiger partial charge on any atom is -0.373 e. The molecule has 0 bridgehead atoms. The summed E-state index contributed by atoms with van der Waals surface area (Å²) in [7, 11) is 1.63. The van der Waals surface area contributed by atoms with Crippen LogP contribution < -0.4 is 5.73 Å². The van der Waals surface area contributed by atoms with Crippen molar-refractivity contribution in [3.8, 4) is 0 Å². The summed E-state index contributed by atoms with van der Waals surface area (Å²) in [5.74, 6) is -4.15. The van der Waals surface area contributed by atoms with Crippen molar-refractivity contribution in [2.45, 2.75) is 18.4 Å². The number of hydrogen-bond acceptors (Lipinski definition) is 3. The number of alkyl halides is 4. The van der Waals surface area contributed by atoms with Crippen molar-refractivity contribution in [2.24, 2.45) is 12.8 Å². The van der Waals surface area contributed by atoms with Gasteiger partial charge in [-0.05, 0) is 6.07 Å². The van der Waals surface area contributed by atoms with Gasteiger partial charge in [-0.25, -0.2) is 8.78 Å². The maximum atomic E-state index is 12.5. The molecule has 1 aromatic heterocycles. The number of halogens is 4. The zero-order valence-corrected chi connectivity index (χ0v) is 9.12. The predicted octanol–water partition coefficient (Wildman–Crippen LogP) is 1.34. The molecule has 4 nitrogen and oxygen atoms in total. The molecule has 0 amide bonds. The molecule has 1 rings (SSSR count). The monoisotopic (exact) mass is 255 g/mol. The van der Waals surface area contributed by atoms with E-state index >= 15 is 0 Å². The summed E-state index contributed by atoms with van der Waals surface area (Å²) in [6.45, 7) is -1.63. The lowest BCUT2D eigenvalue weighted by molar-refractivity contribution is -0.166. The minimum absolute atomic E-state index is 0.276. The van der Waals surface area contributed by atoms with Crippen LogP contribution >= 0.6 is 0 Å². The van der Waals surface area contributed by atoms with Crippen molar-refractivity contribution in [3.05, 3.63) is 18.0 Å². The molecular weight excluding hydrogens is 242 g/mol. The third kappa shape index (κ3) is 3.67. The number of aromatic nitrogens is 2. The first-order valence-electron chi connectivity index (χ1n) is 4.82. The van der Waals surface area contributed by atoms with E-state index in [-0.39, 0.29) is 6.61 Å². The van der Waals surface area contributed by atoms with E-state index in [0.717, 1.165) is 0 Å². The minimum atomic E-state index is -4.15. The lowest BCUT2D eigenvalue weighted by Crippen LogP contribution is -2.33. The number of rotatable bonds is 6. The quantitative estimate of drug-likeness (QED) is 0.780. The first kappa shape index (κ1) is 13.9. The summed E-state index contributed by atoms with van der Waals surface area (Å²) in [6.07, 6.45) is -2.25. The maximum absolute atomic E-state index is 12.5. The van der Waals surface area contributed by atoms with Gasteiger partial charge in [-0.3, -0.25) is 4.68 Å². The van der Waals surface area contributed by atoms with Crippen molar-refractivity contribution in [1.82, 2.24) is 9.78 Å². The normalized spacial score (nSPS) is 14.3. The van der Waals surface area contributed by atoms with Gasteiger partial charge in [0, 0.05) is 13.2 Å². The highest BCUT2D eigenvalue weighted by Gasteiger charge is 2.41. The lowest BCUT2D eigenvalue weighted by Gasteiger charge is -2.17. The lowest BCUT2D eigenvalue weighted by atomic mass is 10.2. The largest absolute Gasteiger partial charge is 0.373 e. The summed E-state index contributed by atoms with van der Waals surface area (Å²) < 4.78 is 54.5. The molecule has 2 N–H and O–H groups in total. The average molecular weight is 255 g/mol. The van der Waals surface area contributed by atoms with Crippen LogP contribution in [0.3, 0.4) is 0 Å². The van der Waals surface area contributed by atoms with Crippen LogP contribution in [0.1, 0.15) is 11.7 Å². The Bertz CT molecular complexity index is 356. The maximum Gasteiger partial charge on any atom is 0.330 e. The van der Waals surface area contributed by atoms with Crippen LogP contribution in [0.15, 0.2) is 12.3 Å². The number of aryl methyl sites for hydroxylation is 1. The molecule has 98 valence electrons. The molecule has 0 aliphatic rings. The smallest absolute Gasteiger partial charge is 0.330 e. The van der Waals surface area contributed by atoms with Crippen molar-refractivity contribution >= 4 is 0 Å². The zero-order valence-electron chi connectivity index (χ0n) is 9.12. The third-order valence-corrected chi connectivity index (χ3v) is 2.15. The van der Waals surface area contributed by atoms with Gasteiger partial charge < -0.3 is 10.5 Å². The van der Waals surface area contributed by atoms with E-state index in [1.165, 1.54) is 10.9 Å². The zero-order chi connectivity index (χ0) is 13.1. The van der Waals surface area contributed by atoms with E-state index in [0.29, 0.717) is 5.69 Å². The molecule has 1 heterocycles. The van der Waals surface area contributed by atoms with Gasteiger partial charge in [-0.2, -0.15) is 13.9 Å². The number of ether oxygens (including phenoxy) is 1. The summed E-state index contributed by atoms with van der Waals surface area (Å²) >= 11 is 0. The Morgan fingerprint density at radius 1 is 1.53 bits per heavy atom. The second-order valence-electron chi connectivity index (χ2n) is 3.56. The molecule has 1 atom stereocenters. The molecule has 8 heteroatoms. The molecule has 17 heavy (non-hydrogen) atoms. The van der Waals surface area contributed by atoms with Gasteiger partial charge in [0.05, 0.1) is 18.3 Å². The van der Waals surface area contributed by atoms with Gasteiger partial charge >= 0.3 is 12.3 Å². The van der Waals surface area contributed by atoms with Crippen LogP contribution in [0.4, 0.5) is 17.6 Å². The number of nitrogens with zero attached hydrogens (tertiary/aromatic N) is 2. The molecule has 0 saturated heterocycles. The van der Waals surface area contributed by atoms with E-state index in [9.17, 15) is 17.6 Å². The highest BCUT2D eigenvalue weighted by Crippen LogP contribution is 2.23. The molecular formula is C9H13F4N3O. The van der Waals surface area contributed by atoms with E-state index in [4.69, 9.17) is 5.73 Å². The van der Waals surface area contributed by atoms with Gasteiger partial charge in [-0.1, -0.05) is 0 Å². The number of hydrogen-bond donors (Lipinski definition) is 1. The molecule has 0 saturated carbocycles. The van der Waals surface area contributed by atoms with E-state index in [1.54, 1.807) is 13.1 Å². The van der Waals surface area contributed by atoms with Crippen molar-refractivity contribution in [1.29, 1.82) is 0 Å². The summed E-state index contributed by atoms with van der Waals surface area (Å²) in [4.78, 5) is 0.